The van der Waals surface area contributed by atoms with Gasteiger partial charge in [0.2, 0.25) is 6.54 Å². The Hall–Kier alpha value is -1.92. The lowest BCUT2D eigenvalue weighted by atomic mass is 10.0. The zero-order valence-electron chi connectivity index (χ0n) is 13.3. The van der Waals surface area contributed by atoms with Crippen LogP contribution in [0.3, 0.4) is 0 Å². The van der Waals surface area contributed by atoms with E-state index in [1.54, 1.807) is 27.7 Å². The third-order valence-electron chi connectivity index (χ3n) is 3.63. The minimum Gasteiger partial charge on any atom is -0.264 e. The first-order valence-corrected chi connectivity index (χ1v) is 7.07. The zero-order valence-corrected chi connectivity index (χ0v) is 13.3. The number of hydroxylamine groups is 2. The first-order chi connectivity index (χ1) is 10.5. The van der Waals surface area contributed by atoms with Crippen molar-refractivity contribution in [3.05, 3.63) is 30.3 Å². The van der Waals surface area contributed by atoms with Gasteiger partial charge in [-0.1, -0.05) is 27.7 Å². The van der Waals surface area contributed by atoms with Gasteiger partial charge >= 0.3 is 5.79 Å². The van der Waals surface area contributed by atoms with Crippen molar-refractivity contribution in [2.24, 2.45) is 11.8 Å². The maximum absolute atomic E-state index is 11.3. The van der Waals surface area contributed by atoms with Crippen LogP contribution in [0.4, 0.5) is 0 Å². The second-order valence-electron chi connectivity index (χ2n) is 6.04. The summed E-state index contributed by atoms with van der Waals surface area (Å²) in [7, 11) is 0. The van der Waals surface area contributed by atoms with Crippen LogP contribution in [-0.4, -0.2) is 44.5 Å². The Labute approximate surface area is 131 Å². The molecular weight excluding hydrogens is 316 g/mol. The average Bonchev–Trinajstić information content (AvgIpc) is 2.78. The Bertz CT molecular complexity index is 469. The zero-order chi connectivity index (χ0) is 17.9. The fourth-order valence-corrected chi connectivity index (χ4v) is 2.04. The van der Waals surface area contributed by atoms with Crippen LogP contribution < -0.4 is 0 Å². The molecule has 0 radical (unpaired) electrons. The molecule has 1 heterocycles. The third kappa shape index (κ3) is 3.89. The van der Waals surface area contributed by atoms with Crippen LogP contribution in [0.2, 0.25) is 0 Å². The van der Waals surface area contributed by atoms with E-state index in [-0.39, 0.29) is 11.1 Å². The van der Waals surface area contributed by atoms with E-state index in [4.69, 9.17) is 9.68 Å². The van der Waals surface area contributed by atoms with E-state index in [0.717, 1.165) is 0 Å². The molecule has 1 aliphatic rings. The monoisotopic (exact) mass is 336 g/mol. The van der Waals surface area contributed by atoms with E-state index in [1.165, 1.54) is 0 Å². The van der Waals surface area contributed by atoms with Gasteiger partial charge in [-0.2, -0.15) is 0 Å². The van der Waals surface area contributed by atoms with Crippen molar-refractivity contribution in [1.29, 1.82) is 0 Å². The summed E-state index contributed by atoms with van der Waals surface area (Å²) >= 11 is 0. The van der Waals surface area contributed by atoms with Gasteiger partial charge in [0.25, 0.3) is 0 Å². The number of hydrogen-bond acceptors (Lipinski definition) is 9. The fraction of sp³-hybridized carbons (Fsp3) is 1.00. The second kappa shape index (κ2) is 7.10. The summed E-state index contributed by atoms with van der Waals surface area (Å²) in [6.45, 7) is 5.93. The van der Waals surface area contributed by atoms with Crippen LogP contribution in [0, 0.1) is 42.2 Å². The summed E-state index contributed by atoms with van der Waals surface area (Å²) in [5, 5.41) is 33.6. The van der Waals surface area contributed by atoms with Crippen LogP contribution in [0.15, 0.2) is 0 Å². The third-order valence-corrected chi connectivity index (χ3v) is 3.63. The lowest BCUT2D eigenvalue weighted by Crippen LogP contribution is -2.57. The molecule has 0 aromatic rings. The molecule has 12 heteroatoms. The van der Waals surface area contributed by atoms with Gasteiger partial charge in [0.05, 0.1) is 5.23 Å². The van der Waals surface area contributed by atoms with Crippen LogP contribution in [-0.2, 0) is 9.68 Å². The standard InChI is InChI=1S/C11H20N4O8/c1-7(2)9-5-11(13(18)19,14(20)21)15(22-9)23-10(8(3)4)6-12(16)17/h7-10H,5-6H2,1-4H3. The highest BCUT2D eigenvalue weighted by Crippen LogP contribution is 2.37. The van der Waals surface area contributed by atoms with Crippen molar-refractivity contribution in [3.63, 3.8) is 0 Å². The molecule has 0 saturated carbocycles. The Morgan fingerprint density at radius 1 is 1.17 bits per heavy atom. The molecule has 0 aromatic carbocycles. The number of nitro groups is 3. The molecule has 2 atom stereocenters. The predicted octanol–water partition coefficient (Wildman–Crippen LogP) is 1.09. The Morgan fingerprint density at radius 3 is 2.04 bits per heavy atom. The molecule has 12 nitrogen and oxygen atoms in total. The first kappa shape index (κ1) is 19.1. The molecule has 1 aliphatic heterocycles. The molecule has 23 heavy (non-hydrogen) atoms. The Balaban J connectivity index is 3.14. The van der Waals surface area contributed by atoms with Crippen molar-refractivity contribution in [3.8, 4) is 0 Å². The molecule has 1 rings (SSSR count). The van der Waals surface area contributed by atoms with E-state index >= 15 is 0 Å². The molecular formula is C11H20N4O8. The Morgan fingerprint density at radius 2 is 1.70 bits per heavy atom. The van der Waals surface area contributed by atoms with Crippen LogP contribution in [0.1, 0.15) is 34.1 Å². The minimum atomic E-state index is -2.82. The summed E-state index contributed by atoms with van der Waals surface area (Å²) in [4.78, 5) is 40.9. The SMILES string of the molecule is CC(C)C(C[N+](=O)[O-])ON1OC(C(C)C)CC1([N+](=O)[O-])[N+](=O)[O-]. The summed E-state index contributed by atoms with van der Waals surface area (Å²) < 4.78 is 0. The maximum Gasteiger partial charge on any atom is 0.568 e. The van der Waals surface area contributed by atoms with E-state index < -0.39 is 51.6 Å². The van der Waals surface area contributed by atoms with Crippen molar-refractivity contribution in [2.75, 3.05) is 6.54 Å². The minimum absolute atomic E-state index is 0.228. The molecule has 132 valence electrons. The fourth-order valence-electron chi connectivity index (χ4n) is 2.04. The van der Waals surface area contributed by atoms with Gasteiger partial charge in [-0.05, 0) is 11.8 Å². The van der Waals surface area contributed by atoms with E-state index in [2.05, 4.69) is 0 Å². The van der Waals surface area contributed by atoms with Crippen molar-refractivity contribution in [1.82, 2.24) is 5.23 Å². The maximum atomic E-state index is 11.3. The second-order valence-corrected chi connectivity index (χ2v) is 6.04. The van der Waals surface area contributed by atoms with Crippen molar-refractivity contribution < 1.29 is 24.4 Å². The predicted molar refractivity (Wildman–Crippen MR) is 74.5 cm³/mol. The molecule has 0 spiro atoms. The van der Waals surface area contributed by atoms with Crippen molar-refractivity contribution in [2.45, 2.75) is 52.1 Å². The molecule has 0 aromatic heterocycles. The molecule has 0 amide bonds. The molecule has 2 unspecified atom stereocenters. The van der Waals surface area contributed by atoms with Gasteiger partial charge in [0.15, 0.2) is 0 Å². The molecule has 0 N–H and O–H groups in total. The summed E-state index contributed by atoms with van der Waals surface area (Å²) in [5.41, 5.74) is 0. The largest absolute Gasteiger partial charge is 0.568 e. The number of rotatable bonds is 8. The topological polar surface area (TPSA) is 151 Å². The molecule has 1 fully saturated rings. The summed E-state index contributed by atoms with van der Waals surface area (Å²) in [6.07, 6.45) is -2.43. The molecule has 1 saturated heterocycles. The first-order valence-electron chi connectivity index (χ1n) is 7.07. The van der Waals surface area contributed by atoms with Crippen molar-refractivity contribution >= 4 is 0 Å². The van der Waals surface area contributed by atoms with Crippen LogP contribution >= 0.6 is 0 Å². The molecule has 0 aliphatic carbocycles. The smallest absolute Gasteiger partial charge is 0.264 e. The van der Waals surface area contributed by atoms with Gasteiger partial charge in [0, 0.05) is 4.92 Å². The quantitative estimate of drug-likeness (QED) is 0.360. The lowest BCUT2D eigenvalue weighted by molar-refractivity contribution is -0.852. The van der Waals surface area contributed by atoms with Crippen LogP contribution in [0.25, 0.3) is 0 Å². The highest BCUT2D eigenvalue weighted by atomic mass is 17.0. The average molecular weight is 336 g/mol. The Kier molecular flexibility index (Phi) is 5.91. The van der Waals surface area contributed by atoms with Gasteiger partial charge in [0.1, 0.15) is 28.5 Å². The highest BCUT2D eigenvalue weighted by molar-refractivity contribution is 4.77. The normalized spacial score (nSPS) is 22.4. The number of nitrogens with zero attached hydrogens (tertiary/aromatic N) is 4. The van der Waals surface area contributed by atoms with Gasteiger partial charge in [-0.15, -0.1) is 0 Å². The summed E-state index contributed by atoms with van der Waals surface area (Å²) in [5.74, 6) is -3.47. The van der Waals surface area contributed by atoms with E-state index in [0.29, 0.717) is 0 Å². The van der Waals surface area contributed by atoms with E-state index in [9.17, 15) is 30.3 Å². The number of hydrogen-bond donors (Lipinski definition) is 0. The van der Waals surface area contributed by atoms with Crippen LogP contribution in [0.5, 0.6) is 0 Å². The lowest BCUT2D eigenvalue weighted by Gasteiger charge is -2.25. The van der Waals surface area contributed by atoms with Gasteiger partial charge < -0.3 is 0 Å². The highest BCUT2D eigenvalue weighted by Gasteiger charge is 2.71. The van der Waals surface area contributed by atoms with E-state index in [1.807, 2.05) is 0 Å². The van der Waals surface area contributed by atoms with Gasteiger partial charge in [-0.25, -0.2) is 0 Å². The molecule has 0 bridgehead atoms. The van der Waals surface area contributed by atoms with Gasteiger partial charge in [-0.3, -0.25) is 40.0 Å². The summed E-state index contributed by atoms with van der Waals surface area (Å²) in [6, 6.07) is 0.